The van der Waals surface area contributed by atoms with E-state index in [1.165, 1.54) is 12.1 Å². The number of halogens is 1. The zero-order chi connectivity index (χ0) is 20.5. The molecule has 152 valence electrons. The molecule has 1 amide bonds. The zero-order valence-corrected chi connectivity index (χ0v) is 17.0. The number of aromatic nitrogens is 4. The second-order valence-electron chi connectivity index (χ2n) is 7.32. The maximum atomic E-state index is 13.5. The van der Waals surface area contributed by atoms with Crippen molar-refractivity contribution in [3.8, 4) is 11.5 Å². The lowest BCUT2D eigenvalue weighted by Crippen LogP contribution is -2.39. The number of carbonyl (C=O) groups excluding carboxylic acids is 1. The van der Waals surface area contributed by atoms with Crippen molar-refractivity contribution in [3.63, 3.8) is 0 Å². The molecule has 0 radical (unpaired) electrons. The number of likely N-dealkylation sites (tertiary alicyclic amines) is 1. The van der Waals surface area contributed by atoms with E-state index in [0.29, 0.717) is 30.2 Å². The summed E-state index contributed by atoms with van der Waals surface area (Å²) in [7, 11) is 0. The molecule has 1 aromatic carbocycles. The van der Waals surface area contributed by atoms with Gasteiger partial charge >= 0.3 is 0 Å². The zero-order valence-electron chi connectivity index (χ0n) is 16.2. The lowest BCUT2D eigenvalue weighted by atomic mass is 9.98. The van der Waals surface area contributed by atoms with Gasteiger partial charge in [0.15, 0.2) is 5.82 Å². The summed E-state index contributed by atoms with van der Waals surface area (Å²) in [6.07, 6.45) is 9.16. The van der Waals surface area contributed by atoms with E-state index in [-0.39, 0.29) is 17.6 Å². The number of thiazole rings is 1. The van der Waals surface area contributed by atoms with Crippen molar-refractivity contribution in [1.29, 1.82) is 0 Å². The molecule has 30 heavy (non-hydrogen) atoms. The molecule has 4 heterocycles. The van der Waals surface area contributed by atoms with Gasteiger partial charge in [-0.15, -0.1) is 11.3 Å². The quantitative estimate of drug-likeness (QED) is 0.494. The second-order valence-corrected chi connectivity index (χ2v) is 8.25. The Labute approximate surface area is 177 Å². The summed E-state index contributed by atoms with van der Waals surface area (Å²) < 4.78 is 16.9. The van der Waals surface area contributed by atoms with Crippen LogP contribution >= 0.6 is 11.3 Å². The predicted molar refractivity (Wildman–Crippen MR) is 113 cm³/mol. The number of carbonyl (C=O) groups is 1. The van der Waals surface area contributed by atoms with Gasteiger partial charge in [0, 0.05) is 43.0 Å². The molecular weight excluding hydrogens is 401 g/mol. The summed E-state index contributed by atoms with van der Waals surface area (Å²) in [6, 6.07) is 9.89. The normalized spacial score (nSPS) is 16.7. The highest BCUT2D eigenvalue weighted by atomic mass is 32.1. The highest BCUT2D eigenvalue weighted by molar-refractivity contribution is 7.09. The topological polar surface area (TPSA) is 56.0 Å². The lowest BCUT2D eigenvalue weighted by Gasteiger charge is -2.31. The fraction of sp³-hybridized carbons (Fsp3) is 0.227. The van der Waals surface area contributed by atoms with Crippen LogP contribution in [0.4, 0.5) is 4.39 Å². The number of amides is 1. The van der Waals surface area contributed by atoms with Crippen molar-refractivity contribution in [2.45, 2.75) is 18.8 Å². The van der Waals surface area contributed by atoms with Gasteiger partial charge in [-0.1, -0.05) is 0 Å². The minimum atomic E-state index is -0.314. The molecule has 3 aromatic heterocycles. The fourth-order valence-electron chi connectivity index (χ4n) is 3.96. The summed E-state index contributed by atoms with van der Waals surface area (Å²) in [4.78, 5) is 19.9. The molecule has 1 aliphatic heterocycles. The Balaban J connectivity index is 1.51. The number of rotatable bonds is 4. The first-order valence-electron chi connectivity index (χ1n) is 9.86. The van der Waals surface area contributed by atoms with E-state index in [9.17, 15) is 9.18 Å². The molecule has 6 nitrogen and oxygen atoms in total. The molecule has 0 spiro atoms. The third-order valence-corrected chi connectivity index (χ3v) is 6.34. The lowest BCUT2D eigenvalue weighted by molar-refractivity contribution is 0.0707. The minimum Gasteiger partial charge on any atom is -0.338 e. The molecule has 1 unspecified atom stereocenters. The van der Waals surface area contributed by atoms with E-state index in [1.54, 1.807) is 34.3 Å². The molecule has 0 bridgehead atoms. The van der Waals surface area contributed by atoms with E-state index < -0.39 is 0 Å². The van der Waals surface area contributed by atoms with Crippen molar-refractivity contribution in [3.05, 3.63) is 83.0 Å². The second kappa shape index (κ2) is 7.87. The molecule has 0 aliphatic carbocycles. The van der Waals surface area contributed by atoms with Gasteiger partial charge < -0.3 is 9.47 Å². The van der Waals surface area contributed by atoms with Crippen molar-refractivity contribution in [1.82, 2.24) is 24.2 Å². The molecule has 5 rings (SSSR count). The summed E-state index contributed by atoms with van der Waals surface area (Å²) >= 11 is 1.64. The van der Waals surface area contributed by atoms with Crippen LogP contribution in [-0.4, -0.2) is 43.2 Å². The van der Waals surface area contributed by atoms with Crippen molar-refractivity contribution >= 4 is 17.2 Å². The first kappa shape index (κ1) is 18.7. The van der Waals surface area contributed by atoms with Crippen LogP contribution in [0, 0.1) is 5.82 Å². The molecule has 4 aromatic rings. The van der Waals surface area contributed by atoms with Gasteiger partial charge in [-0.05, 0) is 49.2 Å². The SMILES string of the molecule is O=C(c1cnn(-c2ccc(F)cc2)c1-n1cccc1)N1CCCC(c2nccs2)C1. The molecule has 1 atom stereocenters. The Morgan fingerprint density at radius 1 is 1.17 bits per heavy atom. The van der Waals surface area contributed by atoms with Crippen LogP contribution in [0.5, 0.6) is 0 Å². The van der Waals surface area contributed by atoms with Crippen LogP contribution in [0.2, 0.25) is 0 Å². The molecule has 0 saturated carbocycles. The Morgan fingerprint density at radius 3 is 2.70 bits per heavy atom. The third kappa shape index (κ3) is 3.43. The highest BCUT2D eigenvalue weighted by Crippen LogP contribution is 2.30. The third-order valence-electron chi connectivity index (χ3n) is 5.40. The summed E-state index contributed by atoms with van der Waals surface area (Å²) in [6.45, 7) is 1.37. The number of nitrogens with zero attached hydrogens (tertiary/aromatic N) is 5. The Hall–Kier alpha value is -3.26. The van der Waals surface area contributed by atoms with Gasteiger partial charge in [-0.2, -0.15) is 5.10 Å². The van der Waals surface area contributed by atoms with Gasteiger partial charge in [0.25, 0.3) is 5.91 Å². The molecule has 1 saturated heterocycles. The number of hydrogen-bond donors (Lipinski definition) is 0. The average molecular weight is 422 g/mol. The summed E-state index contributed by atoms with van der Waals surface area (Å²) in [5.74, 6) is 0.553. The van der Waals surface area contributed by atoms with Crippen LogP contribution in [-0.2, 0) is 0 Å². The number of benzene rings is 1. The standard InChI is InChI=1S/C22H20FN5OS/c23-17-5-7-18(8-6-17)28-21(26-10-1-2-11-26)19(14-25-28)22(29)27-12-3-4-16(15-27)20-24-9-13-30-20/h1-2,5-11,13-14,16H,3-4,12,15H2. The molecular formula is C22H20FN5OS. The van der Waals surface area contributed by atoms with Crippen LogP contribution in [0.15, 0.2) is 66.6 Å². The highest BCUT2D eigenvalue weighted by Gasteiger charge is 2.30. The van der Waals surface area contributed by atoms with Gasteiger partial charge in [-0.3, -0.25) is 4.79 Å². The van der Waals surface area contributed by atoms with Crippen LogP contribution in [0.3, 0.4) is 0 Å². The summed E-state index contributed by atoms with van der Waals surface area (Å²) in [5.41, 5.74) is 1.22. The largest absolute Gasteiger partial charge is 0.338 e. The minimum absolute atomic E-state index is 0.0479. The fourth-order valence-corrected chi connectivity index (χ4v) is 4.73. The van der Waals surface area contributed by atoms with Crippen LogP contribution in [0.1, 0.15) is 34.1 Å². The van der Waals surface area contributed by atoms with Crippen molar-refractivity contribution in [2.75, 3.05) is 13.1 Å². The molecule has 8 heteroatoms. The van der Waals surface area contributed by atoms with E-state index >= 15 is 0 Å². The predicted octanol–water partition coefficient (Wildman–Crippen LogP) is 4.28. The van der Waals surface area contributed by atoms with Gasteiger partial charge in [0.2, 0.25) is 0 Å². The van der Waals surface area contributed by atoms with E-state index in [4.69, 9.17) is 0 Å². The van der Waals surface area contributed by atoms with E-state index in [0.717, 1.165) is 17.8 Å². The maximum absolute atomic E-state index is 13.5. The number of hydrogen-bond acceptors (Lipinski definition) is 4. The molecule has 1 fully saturated rings. The number of piperidine rings is 1. The smallest absolute Gasteiger partial charge is 0.259 e. The van der Waals surface area contributed by atoms with Crippen LogP contribution in [0.25, 0.3) is 11.5 Å². The maximum Gasteiger partial charge on any atom is 0.259 e. The van der Waals surface area contributed by atoms with Gasteiger partial charge in [0.1, 0.15) is 11.4 Å². The monoisotopic (exact) mass is 421 g/mol. The first-order chi connectivity index (χ1) is 14.7. The Bertz CT molecular complexity index is 1140. The van der Waals surface area contributed by atoms with Crippen LogP contribution < -0.4 is 0 Å². The van der Waals surface area contributed by atoms with E-state index in [1.807, 2.05) is 45.6 Å². The first-order valence-corrected chi connectivity index (χ1v) is 10.7. The van der Waals surface area contributed by atoms with Crippen molar-refractivity contribution in [2.24, 2.45) is 0 Å². The molecule has 0 N–H and O–H groups in total. The molecule has 1 aliphatic rings. The average Bonchev–Trinajstić information content (AvgIpc) is 3.55. The Morgan fingerprint density at radius 2 is 1.97 bits per heavy atom. The van der Waals surface area contributed by atoms with Gasteiger partial charge in [-0.25, -0.2) is 14.1 Å². The van der Waals surface area contributed by atoms with E-state index in [2.05, 4.69) is 10.1 Å². The van der Waals surface area contributed by atoms with Crippen molar-refractivity contribution < 1.29 is 9.18 Å². The van der Waals surface area contributed by atoms with Gasteiger partial charge in [0.05, 0.1) is 16.9 Å². The summed E-state index contributed by atoms with van der Waals surface area (Å²) in [5, 5.41) is 7.54. The Kier molecular flexibility index (Phi) is 4.92.